The lowest BCUT2D eigenvalue weighted by molar-refractivity contribution is 0.277. The summed E-state index contributed by atoms with van der Waals surface area (Å²) in [5.41, 5.74) is 3.67. The number of hydrogen-bond donors (Lipinski definition) is 2. The Balaban J connectivity index is 1.99. The second-order valence-electron chi connectivity index (χ2n) is 5.89. The molecular weight excluding hydrogens is 327 g/mol. The molecule has 4 rings (SSSR count). The number of rotatable bonds is 3. The SMILES string of the molecule is Cc1c(C2NS(=O)c3ccccc32)c2cc(F)ccc2n1CCO. The Morgan fingerprint density at radius 3 is 2.88 bits per heavy atom. The lowest BCUT2D eigenvalue weighted by Crippen LogP contribution is -2.17. The molecule has 124 valence electrons. The molecule has 2 aromatic carbocycles. The highest BCUT2D eigenvalue weighted by Gasteiger charge is 2.32. The van der Waals surface area contributed by atoms with Gasteiger partial charge >= 0.3 is 0 Å². The second-order valence-corrected chi connectivity index (χ2v) is 7.11. The van der Waals surface area contributed by atoms with E-state index in [9.17, 15) is 13.7 Å². The first kappa shape index (κ1) is 15.5. The topological polar surface area (TPSA) is 54.3 Å². The van der Waals surface area contributed by atoms with Crippen molar-refractivity contribution in [3.63, 3.8) is 0 Å². The summed E-state index contributed by atoms with van der Waals surface area (Å²) in [5, 5.41) is 10.2. The molecule has 2 unspecified atom stereocenters. The zero-order valence-electron chi connectivity index (χ0n) is 13.1. The van der Waals surface area contributed by atoms with Crippen LogP contribution < -0.4 is 4.72 Å². The fourth-order valence-electron chi connectivity index (χ4n) is 3.57. The van der Waals surface area contributed by atoms with Crippen LogP contribution in [0.5, 0.6) is 0 Å². The summed E-state index contributed by atoms with van der Waals surface area (Å²) < 4.78 is 31.3. The molecule has 24 heavy (non-hydrogen) atoms. The number of fused-ring (bicyclic) bond motifs is 2. The summed E-state index contributed by atoms with van der Waals surface area (Å²) in [4.78, 5) is 0.765. The molecule has 2 heterocycles. The highest BCUT2D eigenvalue weighted by Crippen LogP contribution is 2.39. The van der Waals surface area contributed by atoms with Crippen LogP contribution in [0.1, 0.15) is 22.9 Å². The Kier molecular flexibility index (Phi) is 3.75. The van der Waals surface area contributed by atoms with Crippen LogP contribution in [0.3, 0.4) is 0 Å². The van der Waals surface area contributed by atoms with E-state index < -0.39 is 11.0 Å². The zero-order valence-corrected chi connectivity index (χ0v) is 13.9. The highest BCUT2D eigenvalue weighted by molar-refractivity contribution is 7.83. The van der Waals surface area contributed by atoms with Crippen molar-refractivity contribution < 1.29 is 13.7 Å². The minimum Gasteiger partial charge on any atom is -0.395 e. The molecular formula is C18H17FN2O2S. The maximum Gasteiger partial charge on any atom is 0.126 e. The summed E-state index contributed by atoms with van der Waals surface area (Å²) in [6.45, 7) is 2.39. The van der Waals surface area contributed by atoms with E-state index in [-0.39, 0.29) is 18.5 Å². The average molecular weight is 344 g/mol. The molecule has 6 heteroatoms. The van der Waals surface area contributed by atoms with Gasteiger partial charge in [-0.05, 0) is 36.8 Å². The summed E-state index contributed by atoms with van der Waals surface area (Å²) in [5.74, 6) is -0.308. The molecule has 0 saturated carbocycles. The first-order valence-electron chi connectivity index (χ1n) is 7.77. The molecule has 3 aromatic rings. The van der Waals surface area contributed by atoms with E-state index in [2.05, 4.69) is 4.72 Å². The lowest BCUT2D eigenvalue weighted by atomic mass is 9.97. The molecule has 0 saturated heterocycles. The van der Waals surface area contributed by atoms with Crippen molar-refractivity contribution in [1.82, 2.24) is 9.29 Å². The van der Waals surface area contributed by atoms with Gasteiger partial charge in [0, 0.05) is 28.7 Å². The van der Waals surface area contributed by atoms with Crippen molar-refractivity contribution in [1.29, 1.82) is 0 Å². The number of aromatic nitrogens is 1. The Labute approximate surface area is 141 Å². The molecule has 1 aliphatic heterocycles. The van der Waals surface area contributed by atoms with E-state index in [0.717, 1.165) is 32.6 Å². The van der Waals surface area contributed by atoms with E-state index in [1.165, 1.54) is 12.1 Å². The van der Waals surface area contributed by atoms with Gasteiger partial charge in [-0.2, -0.15) is 0 Å². The minimum atomic E-state index is -1.28. The number of hydrogen-bond acceptors (Lipinski definition) is 2. The van der Waals surface area contributed by atoms with Gasteiger partial charge in [-0.15, -0.1) is 0 Å². The van der Waals surface area contributed by atoms with Crippen LogP contribution in [-0.4, -0.2) is 20.5 Å². The van der Waals surface area contributed by atoms with Crippen LogP contribution in [0.2, 0.25) is 0 Å². The fourth-order valence-corrected chi connectivity index (χ4v) is 4.76. The molecule has 4 nitrogen and oxygen atoms in total. The first-order chi connectivity index (χ1) is 11.6. The maximum atomic E-state index is 13.9. The number of halogens is 1. The monoisotopic (exact) mass is 344 g/mol. The van der Waals surface area contributed by atoms with Crippen LogP contribution in [0.25, 0.3) is 10.9 Å². The summed E-state index contributed by atoms with van der Waals surface area (Å²) in [6.07, 6.45) is 0. The van der Waals surface area contributed by atoms with E-state index in [1.807, 2.05) is 35.8 Å². The summed E-state index contributed by atoms with van der Waals surface area (Å²) in [6, 6.07) is 12.0. The Bertz CT molecular complexity index is 967. The third-order valence-corrected chi connectivity index (χ3v) is 5.82. The predicted octanol–water partition coefficient (Wildman–Crippen LogP) is 2.80. The van der Waals surface area contributed by atoms with Crippen molar-refractivity contribution in [3.8, 4) is 0 Å². The van der Waals surface area contributed by atoms with E-state index in [4.69, 9.17) is 0 Å². The van der Waals surface area contributed by atoms with Gasteiger partial charge in [0.25, 0.3) is 0 Å². The first-order valence-corrected chi connectivity index (χ1v) is 8.92. The van der Waals surface area contributed by atoms with Gasteiger partial charge in [-0.25, -0.2) is 13.3 Å². The smallest absolute Gasteiger partial charge is 0.126 e. The number of benzene rings is 2. The van der Waals surface area contributed by atoms with Crippen LogP contribution in [0.15, 0.2) is 47.4 Å². The van der Waals surface area contributed by atoms with Crippen LogP contribution in [-0.2, 0) is 17.5 Å². The quantitative estimate of drug-likeness (QED) is 0.768. The van der Waals surface area contributed by atoms with Crippen LogP contribution >= 0.6 is 0 Å². The van der Waals surface area contributed by atoms with Crippen molar-refractivity contribution in [2.45, 2.75) is 24.4 Å². The van der Waals surface area contributed by atoms with Gasteiger partial charge in [0.15, 0.2) is 0 Å². The largest absolute Gasteiger partial charge is 0.395 e. The molecule has 0 aliphatic carbocycles. The number of nitrogens with one attached hydrogen (secondary N) is 1. The maximum absolute atomic E-state index is 13.9. The van der Waals surface area contributed by atoms with Gasteiger partial charge in [-0.1, -0.05) is 18.2 Å². The van der Waals surface area contributed by atoms with Crippen LogP contribution in [0, 0.1) is 12.7 Å². The molecule has 1 aliphatic rings. The minimum absolute atomic E-state index is 0.00203. The molecule has 0 amide bonds. The van der Waals surface area contributed by atoms with Gasteiger partial charge in [-0.3, -0.25) is 0 Å². The Morgan fingerprint density at radius 2 is 2.08 bits per heavy atom. The highest BCUT2D eigenvalue weighted by atomic mass is 32.2. The van der Waals surface area contributed by atoms with Gasteiger partial charge in [0.1, 0.15) is 16.8 Å². The van der Waals surface area contributed by atoms with E-state index in [0.29, 0.717) is 6.54 Å². The summed E-state index contributed by atoms with van der Waals surface area (Å²) >= 11 is 0. The Morgan fingerprint density at radius 1 is 1.29 bits per heavy atom. The molecule has 0 spiro atoms. The lowest BCUT2D eigenvalue weighted by Gasteiger charge is -2.13. The number of aliphatic hydroxyl groups is 1. The number of nitrogens with zero attached hydrogens (tertiary/aromatic N) is 1. The van der Waals surface area contributed by atoms with E-state index in [1.54, 1.807) is 6.07 Å². The standard InChI is InChI=1S/C18H17FN2O2S/c1-11-17(18-13-4-2-3-5-16(13)24(23)20-18)14-10-12(19)6-7-15(14)21(11)8-9-22/h2-7,10,18,20,22H,8-9H2,1H3. The third-order valence-electron chi connectivity index (χ3n) is 4.60. The molecule has 0 radical (unpaired) electrons. The van der Waals surface area contributed by atoms with Crippen molar-refractivity contribution in [2.75, 3.05) is 6.61 Å². The normalized spacial score (nSPS) is 19.8. The second kappa shape index (κ2) is 5.81. The zero-order chi connectivity index (χ0) is 16.8. The third kappa shape index (κ3) is 2.22. The van der Waals surface area contributed by atoms with Gasteiger partial charge in [0.05, 0.1) is 17.5 Å². The fraction of sp³-hybridized carbons (Fsp3) is 0.222. The molecule has 0 fully saturated rings. The average Bonchev–Trinajstić information content (AvgIpc) is 3.03. The van der Waals surface area contributed by atoms with Gasteiger partial charge in [0.2, 0.25) is 0 Å². The van der Waals surface area contributed by atoms with Crippen molar-refractivity contribution in [2.24, 2.45) is 0 Å². The van der Waals surface area contributed by atoms with Crippen molar-refractivity contribution >= 4 is 21.9 Å². The summed E-state index contributed by atoms with van der Waals surface area (Å²) in [7, 11) is -1.28. The molecule has 2 N–H and O–H groups in total. The molecule has 1 aromatic heterocycles. The van der Waals surface area contributed by atoms with Crippen molar-refractivity contribution in [3.05, 3.63) is 65.1 Å². The van der Waals surface area contributed by atoms with Gasteiger partial charge < -0.3 is 9.67 Å². The Hall–Kier alpha value is -2.02. The molecule has 2 atom stereocenters. The predicted molar refractivity (Wildman–Crippen MR) is 91.5 cm³/mol. The van der Waals surface area contributed by atoms with Crippen LogP contribution in [0.4, 0.5) is 4.39 Å². The molecule has 0 bridgehead atoms. The van der Waals surface area contributed by atoms with E-state index >= 15 is 0 Å². The number of aliphatic hydroxyl groups excluding tert-OH is 1.